The van der Waals surface area contributed by atoms with Gasteiger partial charge in [0.25, 0.3) is 0 Å². The molecular formula is C14H9Br2ClF2. The van der Waals surface area contributed by atoms with Crippen molar-refractivity contribution in [1.29, 1.82) is 0 Å². The molecule has 1 atom stereocenters. The Morgan fingerprint density at radius 1 is 1.16 bits per heavy atom. The fourth-order valence-electron chi connectivity index (χ4n) is 1.76. The standard InChI is InChI=1S/C14H9Br2ClF2/c15-9-4-5-10(12(17)7-9)11(16)6-8-2-1-3-13(18)14(8)19/h1-5,7,11H,6H2. The van der Waals surface area contributed by atoms with E-state index in [1.54, 1.807) is 12.1 Å². The maximum Gasteiger partial charge on any atom is 0.162 e. The first-order chi connectivity index (χ1) is 8.99. The highest BCUT2D eigenvalue weighted by Crippen LogP contribution is 2.34. The fraction of sp³-hybridized carbons (Fsp3) is 0.143. The first kappa shape index (κ1) is 14.9. The Morgan fingerprint density at radius 2 is 1.89 bits per heavy atom. The van der Waals surface area contributed by atoms with Gasteiger partial charge in [-0.05, 0) is 35.7 Å². The van der Waals surface area contributed by atoms with E-state index < -0.39 is 11.6 Å². The maximum absolute atomic E-state index is 13.6. The third-order valence-corrected chi connectivity index (χ3v) is 4.37. The summed E-state index contributed by atoms with van der Waals surface area (Å²) in [4.78, 5) is -0.176. The van der Waals surface area contributed by atoms with Gasteiger partial charge >= 0.3 is 0 Å². The highest BCUT2D eigenvalue weighted by Gasteiger charge is 2.16. The Morgan fingerprint density at radius 3 is 2.58 bits per heavy atom. The van der Waals surface area contributed by atoms with Gasteiger partial charge < -0.3 is 0 Å². The van der Waals surface area contributed by atoms with Crippen molar-refractivity contribution >= 4 is 43.5 Å². The van der Waals surface area contributed by atoms with E-state index >= 15 is 0 Å². The van der Waals surface area contributed by atoms with Crippen molar-refractivity contribution in [3.8, 4) is 0 Å². The number of rotatable bonds is 3. The second kappa shape index (κ2) is 6.33. The Kier molecular flexibility index (Phi) is 4.98. The van der Waals surface area contributed by atoms with Crippen LogP contribution in [0.2, 0.25) is 5.02 Å². The molecule has 0 aliphatic rings. The van der Waals surface area contributed by atoms with Crippen molar-refractivity contribution in [1.82, 2.24) is 0 Å². The van der Waals surface area contributed by atoms with Gasteiger partial charge in [0.1, 0.15) is 0 Å². The number of hydrogen-bond donors (Lipinski definition) is 0. The molecule has 1 unspecified atom stereocenters. The molecule has 0 radical (unpaired) electrons. The molecule has 0 saturated carbocycles. The van der Waals surface area contributed by atoms with E-state index in [2.05, 4.69) is 31.9 Å². The summed E-state index contributed by atoms with van der Waals surface area (Å²) in [5.41, 5.74) is 1.16. The van der Waals surface area contributed by atoms with E-state index in [9.17, 15) is 8.78 Å². The van der Waals surface area contributed by atoms with E-state index in [1.165, 1.54) is 6.07 Å². The molecule has 5 heteroatoms. The number of halogens is 5. The Hall–Kier alpha value is -0.450. The van der Waals surface area contributed by atoms with Crippen LogP contribution in [-0.2, 0) is 6.42 Å². The van der Waals surface area contributed by atoms with Gasteiger partial charge in [-0.1, -0.05) is 61.7 Å². The third-order valence-electron chi connectivity index (χ3n) is 2.73. The number of alkyl halides is 1. The van der Waals surface area contributed by atoms with E-state index in [0.29, 0.717) is 17.0 Å². The molecule has 0 saturated heterocycles. The van der Waals surface area contributed by atoms with Crippen LogP contribution in [0.15, 0.2) is 40.9 Å². The lowest BCUT2D eigenvalue weighted by Crippen LogP contribution is -2.00. The Bertz CT molecular complexity index is 602. The van der Waals surface area contributed by atoms with Crippen LogP contribution in [0.5, 0.6) is 0 Å². The van der Waals surface area contributed by atoms with Crippen LogP contribution in [0, 0.1) is 11.6 Å². The van der Waals surface area contributed by atoms with Gasteiger partial charge in [0.05, 0.1) is 0 Å². The average Bonchev–Trinajstić information content (AvgIpc) is 2.34. The summed E-state index contributed by atoms with van der Waals surface area (Å²) in [5, 5.41) is 0.577. The molecule has 0 aliphatic heterocycles. The van der Waals surface area contributed by atoms with Crippen LogP contribution < -0.4 is 0 Å². The van der Waals surface area contributed by atoms with E-state index in [0.717, 1.165) is 16.1 Å². The lowest BCUT2D eigenvalue weighted by molar-refractivity contribution is 0.498. The molecule has 0 fully saturated rings. The molecule has 19 heavy (non-hydrogen) atoms. The normalized spacial score (nSPS) is 12.5. The summed E-state index contributed by atoms with van der Waals surface area (Å²) in [6, 6.07) is 9.65. The van der Waals surface area contributed by atoms with Crippen LogP contribution in [0.25, 0.3) is 0 Å². The minimum atomic E-state index is -0.834. The molecular weight excluding hydrogens is 401 g/mol. The van der Waals surface area contributed by atoms with Crippen molar-refractivity contribution < 1.29 is 8.78 Å². The first-order valence-electron chi connectivity index (χ1n) is 5.51. The highest BCUT2D eigenvalue weighted by molar-refractivity contribution is 9.10. The van der Waals surface area contributed by atoms with Crippen LogP contribution in [-0.4, -0.2) is 0 Å². The smallest absolute Gasteiger partial charge is 0.162 e. The predicted octanol–water partition coefficient (Wildman–Crippen LogP) is 6.06. The van der Waals surface area contributed by atoms with E-state index in [-0.39, 0.29) is 4.83 Å². The molecule has 0 N–H and O–H groups in total. The lowest BCUT2D eigenvalue weighted by atomic mass is 10.0. The third kappa shape index (κ3) is 3.56. The predicted molar refractivity (Wildman–Crippen MR) is 80.9 cm³/mol. The quantitative estimate of drug-likeness (QED) is 0.540. The second-order valence-electron chi connectivity index (χ2n) is 4.05. The summed E-state index contributed by atoms with van der Waals surface area (Å²) < 4.78 is 27.6. The van der Waals surface area contributed by atoms with Gasteiger partial charge in [-0.25, -0.2) is 8.78 Å². The van der Waals surface area contributed by atoms with Gasteiger partial charge in [-0.2, -0.15) is 0 Å². The number of hydrogen-bond acceptors (Lipinski definition) is 0. The summed E-state index contributed by atoms with van der Waals surface area (Å²) >= 11 is 12.9. The van der Waals surface area contributed by atoms with Crippen LogP contribution in [0.1, 0.15) is 16.0 Å². The van der Waals surface area contributed by atoms with Gasteiger partial charge in [-0.3, -0.25) is 0 Å². The van der Waals surface area contributed by atoms with Gasteiger partial charge in [-0.15, -0.1) is 0 Å². The zero-order valence-electron chi connectivity index (χ0n) is 9.64. The summed E-state index contributed by atoms with van der Waals surface area (Å²) in [5.74, 6) is -1.64. The van der Waals surface area contributed by atoms with Crippen LogP contribution in [0.3, 0.4) is 0 Å². The van der Waals surface area contributed by atoms with Crippen molar-refractivity contribution in [3.05, 3.63) is 68.7 Å². The lowest BCUT2D eigenvalue weighted by Gasteiger charge is -2.13. The minimum Gasteiger partial charge on any atom is -0.204 e. The van der Waals surface area contributed by atoms with Crippen LogP contribution >= 0.6 is 43.5 Å². The van der Waals surface area contributed by atoms with Gasteiger partial charge in [0.15, 0.2) is 11.6 Å². The summed E-state index contributed by atoms with van der Waals surface area (Å²) in [6.45, 7) is 0. The Labute approximate surface area is 132 Å². The van der Waals surface area contributed by atoms with E-state index in [1.807, 2.05) is 12.1 Å². The van der Waals surface area contributed by atoms with Gasteiger partial charge in [0, 0.05) is 14.3 Å². The molecule has 0 heterocycles. The highest BCUT2D eigenvalue weighted by atomic mass is 79.9. The molecule has 0 bridgehead atoms. The molecule has 0 amide bonds. The Balaban J connectivity index is 2.25. The second-order valence-corrected chi connectivity index (χ2v) is 6.48. The molecule has 100 valence electrons. The molecule has 0 spiro atoms. The molecule has 2 aromatic carbocycles. The van der Waals surface area contributed by atoms with Crippen molar-refractivity contribution in [2.24, 2.45) is 0 Å². The molecule has 0 aromatic heterocycles. The SMILES string of the molecule is Fc1cccc(CC(Br)c2ccc(Br)cc2Cl)c1F. The van der Waals surface area contributed by atoms with Crippen molar-refractivity contribution in [2.45, 2.75) is 11.2 Å². The fourth-order valence-corrected chi connectivity index (χ4v) is 3.45. The molecule has 2 rings (SSSR count). The monoisotopic (exact) mass is 408 g/mol. The molecule has 0 nitrogen and oxygen atoms in total. The molecule has 0 aliphatic carbocycles. The average molecular weight is 410 g/mol. The van der Waals surface area contributed by atoms with Gasteiger partial charge in [0.2, 0.25) is 0 Å². The van der Waals surface area contributed by atoms with E-state index in [4.69, 9.17) is 11.6 Å². The minimum absolute atomic E-state index is 0.176. The van der Waals surface area contributed by atoms with Crippen molar-refractivity contribution in [2.75, 3.05) is 0 Å². The first-order valence-corrected chi connectivity index (χ1v) is 7.59. The maximum atomic E-state index is 13.6. The zero-order chi connectivity index (χ0) is 14.0. The zero-order valence-corrected chi connectivity index (χ0v) is 13.6. The molecule has 2 aromatic rings. The summed E-state index contributed by atoms with van der Waals surface area (Å²) in [7, 11) is 0. The summed E-state index contributed by atoms with van der Waals surface area (Å²) in [6.07, 6.45) is 0.324. The topological polar surface area (TPSA) is 0 Å². The van der Waals surface area contributed by atoms with Crippen molar-refractivity contribution in [3.63, 3.8) is 0 Å². The number of benzene rings is 2. The van der Waals surface area contributed by atoms with Crippen LogP contribution in [0.4, 0.5) is 8.78 Å². The largest absolute Gasteiger partial charge is 0.204 e.